The highest BCUT2D eigenvalue weighted by Crippen LogP contribution is 2.14. The smallest absolute Gasteiger partial charge is 0.337 e. The van der Waals surface area contributed by atoms with Gasteiger partial charge in [0.25, 0.3) is 0 Å². The van der Waals surface area contributed by atoms with Crippen LogP contribution >= 0.6 is 15.9 Å². The summed E-state index contributed by atoms with van der Waals surface area (Å²) in [5.74, 6) is -0.277. The van der Waals surface area contributed by atoms with Crippen LogP contribution in [0, 0.1) is 0 Å². The van der Waals surface area contributed by atoms with Crippen LogP contribution in [0.4, 0.5) is 0 Å². The number of esters is 1. The molecular weight excluding hydrogens is 232 g/mol. The highest BCUT2D eigenvalue weighted by atomic mass is 79.9. The van der Waals surface area contributed by atoms with Crippen LogP contribution < -0.4 is 0 Å². The summed E-state index contributed by atoms with van der Waals surface area (Å²) in [5, 5.41) is 0.836. The molecule has 0 fully saturated rings. The third-order valence-corrected chi connectivity index (χ3v) is 2.50. The van der Waals surface area contributed by atoms with Crippen LogP contribution in [0.3, 0.4) is 0 Å². The van der Waals surface area contributed by atoms with E-state index >= 15 is 0 Å². The van der Waals surface area contributed by atoms with Gasteiger partial charge < -0.3 is 4.74 Å². The molecule has 0 saturated heterocycles. The molecule has 0 amide bonds. The van der Waals surface area contributed by atoms with E-state index in [1.165, 1.54) is 12.7 Å². The average Bonchev–Trinajstić information content (AvgIpc) is 2.41. The predicted octanol–water partition coefficient (Wildman–Crippen LogP) is 2.37. The fraction of sp³-hybridized carbons (Fsp3) is 0.300. The Bertz CT molecular complexity index is 287. The molecule has 0 bridgehead atoms. The average molecular weight is 243 g/mol. The zero-order chi connectivity index (χ0) is 9.68. The molecule has 3 heteroatoms. The lowest BCUT2D eigenvalue weighted by molar-refractivity contribution is -0.135. The van der Waals surface area contributed by atoms with Gasteiger partial charge in [-0.25, -0.2) is 4.79 Å². The van der Waals surface area contributed by atoms with Gasteiger partial charge in [-0.2, -0.15) is 0 Å². The lowest BCUT2D eigenvalue weighted by Crippen LogP contribution is -2.02. The van der Waals surface area contributed by atoms with Crippen molar-refractivity contribution in [2.45, 2.75) is 6.42 Å². The number of rotatable bonds is 2. The van der Waals surface area contributed by atoms with E-state index in [9.17, 15) is 4.79 Å². The number of carbonyl (C=O) groups excluding carboxylic acids is 1. The van der Waals surface area contributed by atoms with Gasteiger partial charge in [-0.3, -0.25) is 0 Å². The highest BCUT2D eigenvalue weighted by Gasteiger charge is 2.07. The molecule has 0 aromatic heterocycles. The maximum atomic E-state index is 11.1. The molecule has 0 aliphatic heterocycles. The van der Waals surface area contributed by atoms with Crippen molar-refractivity contribution in [2.24, 2.45) is 0 Å². The summed E-state index contributed by atoms with van der Waals surface area (Å²) in [5.41, 5.74) is 1.87. The molecule has 0 unspecified atom stereocenters. The summed E-state index contributed by atoms with van der Waals surface area (Å²) in [6.07, 6.45) is 8.31. The van der Waals surface area contributed by atoms with Crippen molar-refractivity contribution in [1.82, 2.24) is 0 Å². The standard InChI is InChI=1S/C10H11BrO2/c1-13-10(12)9-4-2-3-8(7-11)5-6-9/h2-4,6H,5,7H2,1H3. The molecule has 1 rings (SSSR count). The van der Waals surface area contributed by atoms with Crippen LogP contribution in [0.25, 0.3) is 0 Å². The van der Waals surface area contributed by atoms with Crippen molar-refractivity contribution in [3.63, 3.8) is 0 Å². The van der Waals surface area contributed by atoms with Gasteiger partial charge in [0.1, 0.15) is 0 Å². The lowest BCUT2D eigenvalue weighted by Gasteiger charge is -1.98. The second-order valence-corrected chi connectivity index (χ2v) is 3.23. The number of alkyl halides is 1. The monoisotopic (exact) mass is 242 g/mol. The van der Waals surface area contributed by atoms with Gasteiger partial charge in [0, 0.05) is 5.33 Å². The number of allylic oxidation sites excluding steroid dienone is 4. The summed E-state index contributed by atoms with van der Waals surface area (Å²) < 4.78 is 4.62. The van der Waals surface area contributed by atoms with E-state index in [2.05, 4.69) is 20.7 Å². The second-order valence-electron chi connectivity index (χ2n) is 2.67. The first-order valence-electron chi connectivity index (χ1n) is 3.98. The SMILES string of the molecule is COC(=O)C1=CCC(CBr)=CC=C1. The van der Waals surface area contributed by atoms with Gasteiger partial charge >= 0.3 is 5.97 Å². The fourth-order valence-electron chi connectivity index (χ4n) is 1.03. The molecule has 0 aromatic rings. The van der Waals surface area contributed by atoms with Crippen LogP contribution in [0.15, 0.2) is 35.5 Å². The first kappa shape index (κ1) is 10.3. The topological polar surface area (TPSA) is 26.3 Å². The van der Waals surface area contributed by atoms with Crippen LogP contribution in [-0.2, 0) is 9.53 Å². The minimum Gasteiger partial charge on any atom is -0.465 e. The molecule has 2 nitrogen and oxygen atoms in total. The van der Waals surface area contributed by atoms with Crippen molar-refractivity contribution in [2.75, 3.05) is 12.4 Å². The fourth-order valence-corrected chi connectivity index (χ4v) is 1.45. The Morgan fingerprint density at radius 1 is 1.69 bits per heavy atom. The molecule has 0 aromatic carbocycles. The van der Waals surface area contributed by atoms with Crippen LogP contribution in [-0.4, -0.2) is 18.4 Å². The molecule has 0 atom stereocenters. The highest BCUT2D eigenvalue weighted by molar-refractivity contribution is 9.09. The molecule has 13 heavy (non-hydrogen) atoms. The van der Waals surface area contributed by atoms with E-state index in [0.29, 0.717) is 5.57 Å². The number of hydrogen-bond acceptors (Lipinski definition) is 2. The maximum absolute atomic E-state index is 11.1. The minimum atomic E-state index is -0.277. The first-order chi connectivity index (χ1) is 6.27. The molecular formula is C10H11BrO2. The number of halogens is 1. The Kier molecular flexibility index (Phi) is 3.96. The van der Waals surface area contributed by atoms with Gasteiger partial charge in [-0.05, 0) is 12.5 Å². The van der Waals surface area contributed by atoms with Gasteiger partial charge in [0.15, 0.2) is 0 Å². The number of carbonyl (C=O) groups is 1. The van der Waals surface area contributed by atoms with Crippen molar-refractivity contribution in [3.8, 4) is 0 Å². The van der Waals surface area contributed by atoms with E-state index in [-0.39, 0.29) is 5.97 Å². The Balaban J connectivity index is 2.74. The number of methoxy groups -OCH3 is 1. The van der Waals surface area contributed by atoms with Crippen LogP contribution in [0.5, 0.6) is 0 Å². The summed E-state index contributed by atoms with van der Waals surface area (Å²) in [7, 11) is 1.39. The zero-order valence-electron chi connectivity index (χ0n) is 7.42. The third-order valence-electron chi connectivity index (χ3n) is 1.78. The maximum Gasteiger partial charge on any atom is 0.337 e. The van der Waals surface area contributed by atoms with E-state index in [1.54, 1.807) is 6.08 Å². The Labute approximate surface area is 86.1 Å². The van der Waals surface area contributed by atoms with Gasteiger partial charge in [0.2, 0.25) is 0 Å². The number of ether oxygens (including phenoxy) is 1. The first-order valence-corrected chi connectivity index (χ1v) is 5.10. The molecule has 0 radical (unpaired) electrons. The minimum absolute atomic E-state index is 0.277. The van der Waals surface area contributed by atoms with Crippen LogP contribution in [0.1, 0.15) is 6.42 Å². The van der Waals surface area contributed by atoms with Gasteiger partial charge in [0.05, 0.1) is 12.7 Å². The Hall–Kier alpha value is -0.830. The summed E-state index contributed by atoms with van der Waals surface area (Å²) in [6.45, 7) is 0. The molecule has 0 N–H and O–H groups in total. The van der Waals surface area contributed by atoms with E-state index < -0.39 is 0 Å². The van der Waals surface area contributed by atoms with E-state index in [1.807, 2.05) is 18.2 Å². The lowest BCUT2D eigenvalue weighted by atomic mass is 10.2. The Morgan fingerprint density at radius 3 is 3.08 bits per heavy atom. The molecule has 1 aliphatic rings. The van der Waals surface area contributed by atoms with Gasteiger partial charge in [-0.1, -0.05) is 39.7 Å². The Morgan fingerprint density at radius 2 is 2.46 bits per heavy atom. The molecule has 0 saturated carbocycles. The largest absolute Gasteiger partial charge is 0.465 e. The summed E-state index contributed by atoms with van der Waals surface area (Å²) >= 11 is 3.37. The van der Waals surface area contributed by atoms with Gasteiger partial charge in [-0.15, -0.1) is 0 Å². The molecule has 1 aliphatic carbocycles. The predicted molar refractivity (Wildman–Crippen MR) is 55.7 cm³/mol. The molecule has 70 valence electrons. The van der Waals surface area contributed by atoms with Crippen LogP contribution in [0.2, 0.25) is 0 Å². The number of hydrogen-bond donors (Lipinski definition) is 0. The third kappa shape index (κ3) is 2.84. The van der Waals surface area contributed by atoms with Crippen molar-refractivity contribution < 1.29 is 9.53 Å². The zero-order valence-corrected chi connectivity index (χ0v) is 9.00. The van der Waals surface area contributed by atoms with E-state index in [4.69, 9.17) is 0 Å². The molecule has 0 spiro atoms. The van der Waals surface area contributed by atoms with Crippen molar-refractivity contribution in [1.29, 1.82) is 0 Å². The normalized spacial score (nSPS) is 15.8. The summed E-state index contributed by atoms with van der Waals surface area (Å²) in [6, 6.07) is 0. The summed E-state index contributed by atoms with van der Waals surface area (Å²) in [4.78, 5) is 11.1. The van der Waals surface area contributed by atoms with Crippen molar-refractivity contribution >= 4 is 21.9 Å². The second kappa shape index (κ2) is 5.02. The van der Waals surface area contributed by atoms with E-state index in [0.717, 1.165) is 11.8 Å². The molecule has 0 heterocycles. The quantitative estimate of drug-likeness (QED) is 0.549. The van der Waals surface area contributed by atoms with Crippen molar-refractivity contribution in [3.05, 3.63) is 35.5 Å².